The van der Waals surface area contributed by atoms with Gasteiger partial charge in [0.1, 0.15) is 0 Å². The summed E-state index contributed by atoms with van der Waals surface area (Å²) in [4.78, 5) is 0. The average Bonchev–Trinajstić information content (AvgIpc) is 3.64. The van der Waals surface area contributed by atoms with Crippen molar-refractivity contribution in [2.75, 3.05) is 0 Å². The van der Waals surface area contributed by atoms with E-state index in [1.165, 1.54) is 39.9 Å². The Hall–Kier alpha value is -0.567. The van der Waals surface area contributed by atoms with Crippen LogP contribution in [0.2, 0.25) is 0 Å². The molecule has 50 heavy (non-hydrogen) atoms. The first kappa shape index (κ1) is 42.2. The molecule has 0 saturated heterocycles. The Kier molecular flexibility index (Phi) is 13.2. The normalized spacial score (nSPS) is 14.2. The standard InChI is InChI=1S/C21H25.C15H8Cl6.C5H5.2ClH.Zr/c1-20(2,3)16-7-9-18-14(12-16)11-15-13-17(21(4,5)6)8-10-19(15)18;16-14(17,18)12-5-1-10(2-6-12)9-11-3-7-13(8-4-11)15(19,20)21;1-2-4-5-3-1;;;/h7-13H,1-6H3;1-8H;1-3H,4H2;2*1H;/q;;;;;+2/p-2. The molecule has 0 aliphatic heterocycles. The van der Waals surface area contributed by atoms with Crippen LogP contribution in [0.5, 0.6) is 0 Å². The van der Waals surface area contributed by atoms with E-state index in [-0.39, 0.29) is 39.3 Å². The maximum absolute atomic E-state index is 6.33. The summed E-state index contributed by atoms with van der Waals surface area (Å²) in [7, 11) is 0. The largest absolute Gasteiger partial charge is 1.00 e. The number of halogens is 8. The Morgan fingerprint density at radius 1 is 0.560 bits per heavy atom. The van der Waals surface area contributed by atoms with Gasteiger partial charge in [0.25, 0.3) is 0 Å². The molecule has 0 amide bonds. The van der Waals surface area contributed by atoms with Crippen LogP contribution in [0.25, 0.3) is 11.1 Å². The van der Waals surface area contributed by atoms with Gasteiger partial charge in [0, 0.05) is 0 Å². The van der Waals surface area contributed by atoms with Gasteiger partial charge in [-0.1, -0.05) is 0 Å². The predicted octanol–water partition coefficient (Wildman–Crippen LogP) is 7.74. The van der Waals surface area contributed by atoms with E-state index in [0.717, 1.165) is 17.5 Å². The van der Waals surface area contributed by atoms with Gasteiger partial charge in [-0.15, -0.1) is 0 Å². The van der Waals surface area contributed by atoms with Crippen LogP contribution in [-0.2, 0) is 39.7 Å². The van der Waals surface area contributed by atoms with E-state index in [1.807, 2.05) is 24.3 Å². The van der Waals surface area contributed by atoms with Crippen LogP contribution >= 0.6 is 69.6 Å². The molecule has 0 atom stereocenters. The van der Waals surface area contributed by atoms with Crippen LogP contribution in [0.4, 0.5) is 0 Å². The third kappa shape index (κ3) is 8.70. The first-order chi connectivity index (χ1) is 22.3. The Morgan fingerprint density at radius 2 is 0.940 bits per heavy atom. The van der Waals surface area contributed by atoms with Gasteiger partial charge in [-0.25, -0.2) is 0 Å². The molecule has 9 heteroatoms. The van der Waals surface area contributed by atoms with E-state index in [4.69, 9.17) is 69.6 Å². The number of allylic oxidation sites excluding steroid dienone is 4. The molecule has 0 aromatic heterocycles. The second kappa shape index (κ2) is 15.7. The maximum Gasteiger partial charge on any atom is -1.00 e. The van der Waals surface area contributed by atoms with Gasteiger partial charge in [0.15, 0.2) is 0 Å². The minimum absolute atomic E-state index is 0. The second-order valence-electron chi connectivity index (χ2n) is 14.8. The molecule has 0 spiro atoms. The molecule has 0 radical (unpaired) electrons. The van der Waals surface area contributed by atoms with Crippen LogP contribution in [0, 0.1) is 0 Å². The van der Waals surface area contributed by atoms with Gasteiger partial charge < -0.3 is 24.8 Å². The van der Waals surface area contributed by atoms with Crippen molar-refractivity contribution in [2.24, 2.45) is 0 Å². The molecule has 0 fully saturated rings. The second-order valence-corrected chi connectivity index (χ2v) is 25.6. The zero-order valence-corrected chi connectivity index (χ0v) is 37.1. The average molecular weight is 906 g/mol. The zero-order chi connectivity index (χ0) is 34.8. The fourth-order valence-electron chi connectivity index (χ4n) is 6.77. The molecule has 6 rings (SSSR count). The molecule has 0 heterocycles. The van der Waals surface area contributed by atoms with Crippen molar-refractivity contribution in [1.29, 1.82) is 0 Å². The summed E-state index contributed by atoms with van der Waals surface area (Å²) in [6.07, 6.45) is 7.83. The molecule has 4 aromatic carbocycles. The quantitative estimate of drug-likeness (QED) is 0.184. The van der Waals surface area contributed by atoms with E-state index in [0.29, 0.717) is 11.1 Å². The van der Waals surface area contributed by atoms with Crippen LogP contribution in [0.3, 0.4) is 0 Å². The summed E-state index contributed by atoms with van der Waals surface area (Å²) >= 11 is 35.0. The minimum Gasteiger partial charge on any atom is -1.00 e. The third-order valence-corrected chi connectivity index (χ3v) is 19.0. The summed E-state index contributed by atoms with van der Waals surface area (Å²) in [6, 6.07) is 30.6. The number of hydrogen-bond donors (Lipinski definition) is 0. The summed E-state index contributed by atoms with van der Waals surface area (Å²) in [5.74, 6) is 0. The predicted molar refractivity (Wildman–Crippen MR) is 208 cm³/mol. The van der Waals surface area contributed by atoms with Crippen LogP contribution in [-0.4, -0.2) is 3.21 Å². The molecule has 0 nitrogen and oxygen atoms in total. The minimum atomic E-state index is -3.00. The SMILES string of the molecule is CC(C)(C)c1ccc2c(c1)[CH]([Zr+2]([C]1=CC=CC1)=[C](c1ccc(C(Cl)(Cl)Cl)cc1)c1ccc(C(Cl)(Cl)Cl)cc1)c1cc(C(C)(C)C)ccc1-2.[Cl-].[Cl-]. The molecule has 0 N–H and O–H groups in total. The number of alkyl halides is 6. The van der Waals surface area contributed by atoms with E-state index >= 15 is 0 Å². The molecule has 0 bridgehead atoms. The number of fused-ring (bicyclic) bond motifs is 3. The molecule has 0 unspecified atom stereocenters. The zero-order valence-electron chi connectivity index (χ0n) is 28.6. The molecule has 0 saturated carbocycles. The Balaban J connectivity index is 0.00000281. The fourth-order valence-corrected chi connectivity index (χ4v) is 16.5. The van der Waals surface area contributed by atoms with E-state index in [2.05, 4.69) is 120 Å². The van der Waals surface area contributed by atoms with Crippen molar-refractivity contribution in [3.63, 3.8) is 0 Å². The molecular weight excluding hydrogens is 867 g/mol. The third-order valence-electron chi connectivity index (χ3n) is 9.42. The van der Waals surface area contributed by atoms with Gasteiger partial charge >= 0.3 is 326 Å². The van der Waals surface area contributed by atoms with Gasteiger partial charge in [0.2, 0.25) is 0 Å². The van der Waals surface area contributed by atoms with Crippen molar-refractivity contribution >= 4 is 72.8 Å². The van der Waals surface area contributed by atoms with Crippen molar-refractivity contribution in [3.8, 4) is 11.1 Å². The van der Waals surface area contributed by atoms with Crippen molar-refractivity contribution in [2.45, 2.75) is 70.0 Å². The smallest absolute Gasteiger partial charge is 1.00 e. The number of rotatable bonds is 4. The topological polar surface area (TPSA) is 0 Å². The number of benzene rings is 4. The van der Waals surface area contributed by atoms with Crippen LogP contribution < -0.4 is 24.8 Å². The van der Waals surface area contributed by atoms with Gasteiger partial charge in [-0.3, -0.25) is 0 Å². The summed E-state index contributed by atoms with van der Waals surface area (Å²) in [5, 5.41) is 0. The molecule has 2 aliphatic rings. The molecule has 262 valence electrons. The van der Waals surface area contributed by atoms with Crippen molar-refractivity contribution < 1.29 is 46.1 Å². The van der Waals surface area contributed by atoms with E-state index in [1.54, 1.807) is 0 Å². The van der Waals surface area contributed by atoms with Gasteiger partial charge in [-0.2, -0.15) is 0 Å². The van der Waals surface area contributed by atoms with Gasteiger partial charge in [0.05, 0.1) is 0 Å². The first-order valence-corrected chi connectivity index (χ1v) is 22.2. The Morgan fingerprint density at radius 3 is 1.26 bits per heavy atom. The molecule has 4 aromatic rings. The molecule has 2 aliphatic carbocycles. The van der Waals surface area contributed by atoms with Crippen molar-refractivity contribution in [1.82, 2.24) is 0 Å². The number of hydrogen-bond acceptors (Lipinski definition) is 0. The fraction of sp³-hybridized carbons (Fsp3) is 0.293. The van der Waals surface area contributed by atoms with E-state index < -0.39 is 28.9 Å². The van der Waals surface area contributed by atoms with E-state index in [9.17, 15) is 0 Å². The van der Waals surface area contributed by atoms with Crippen LogP contribution in [0.1, 0.15) is 96.1 Å². The van der Waals surface area contributed by atoms with Gasteiger partial charge in [-0.05, 0) is 0 Å². The summed E-state index contributed by atoms with van der Waals surface area (Å²) in [5.41, 5.74) is 11.8. The Bertz CT molecular complexity index is 1840. The maximum atomic E-state index is 6.33. The van der Waals surface area contributed by atoms with Crippen LogP contribution in [0.15, 0.2) is 106 Å². The molecular formula is C41H38Cl8Zr. The first-order valence-electron chi connectivity index (χ1n) is 16.1. The monoisotopic (exact) mass is 900 g/mol. The Labute approximate surface area is 347 Å². The summed E-state index contributed by atoms with van der Waals surface area (Å²) < 4.78 is 0.115. The summed E-state index contributed by atoms with van der Waals surface area (Å²) in [6.45, 7) is 13.8. The van der Waals surface area contributed by atoms with Crippen molar-refractivity contribution in [3.05, 3.63) is 151 Å².